The molecule has 6 nitrogen and oxygen atoms in total. The highest BCUT2D eigenvalue weighted by Gasteiger charge is 2.15. The van der Waals surface area contributed by atoms with E-state index in [9.17, 15) is 8.42 Å². The summed E-state index contributed by atoms with van der Waals surface area (Å²) < 4.78 is 28.0. The highest BCUT2D eigenvalue weighted by molar-refractivity contribution is 7.89. The summed E-state index contributed by atoms with van der Waals surface area (Å²) in [7, 11) is -3.44. The van der Waals surface area contributed by atoms with Gasteiger partial charge in [0.1, 0.15) is 0 Å². The third-order valence-corrected chi connectivity index (χ3v) is 4.88. The molecule has 2 rings (SSSR count). The lowest BCUT2D eigenvalue weighted by molar-refractivity contribution is 0.561. The van der Waals surface area contributed by atoms with E-state index in [0.29, 0.717) is 19.6 Å². The van der Waals surface area contributed by atoms with E-state index in [0.717, 1.165) is 4.88 Å². The van der Waals surface area contributed by atoms with Gasteiger partial charge in [0, 0.05) is 35.7 Å². The Hall–Kier alpha value is -1.22. The molecule has 0 saturated heterocycles. The maximum atomic E-state index is 11.9. The molecule has 0 spiro atoms. The van der Waals surface area contributed by atoms with Crippen LogP contribution in [-0.4, -0.2) is 24.7 Å². The second kappa shape index (κ2) is 5.61. The molecule has 0 atom stereocenters. The van der Waals surface area contributed by atoms with Gasteiger partial charge >= 0.3 is 0 Å². The van der Waals surface area contributed by atoms with E-state index < -0.39 is 10.0 Å². The zero-order chi connectivity index (χ0) is 13.0. The molecule has 0 aromatic carbocycles. The van der Waals surface area contributed by atoms with Gasteiger partial charge in [-0.1, -0.05) is 0 Å². The average Bonchev–Trinajstić information content (AvgIpc) is 2.99. The molecule has 0 aliphatic heterocycles. The first-order valence-corrected chi connectivity index (χ1v) is 7.72. The molecule has 18 heavy (non-hydrogen) atoms. The molecule has 3 N–H and O–H groups in total. The van der Waals surface area contributed by atoms with Gasteiger partial charge in [-0.15, -0.1) is 11.3 Å². The lowest BCUT2D eigenvalue weighted by atomic mass is 10.5. The molecule has 8 heteroatoms. The molecule has 0 aliphatic carbocycles. The predicted octanol–water partition coefficient (Wildman–Crippen LogP) is 0.382. The molecule has 0 saturated carbocycles. The van der Waals surface area contributed by atoms with E-state index in [1.54, 1.807) is 34.6 Å². The summed E-state index contributed by atoms with van der Waals surface area (Å²) in [5.41, 5.74) is 5.45. The molecule has 0 bridgehead atoms. The third kappa shape index (κ3) is 3.16. The minimum absolute atomic E-state index is 0.272. The summed E-state index contributed by atoms with van der Waals surface area (Å²) in [4.78, 5) is 1.12. The molecular formula is C10H14N4O2S2. The fraction of sp³-hybridized carbons (Fsp3) is 0.300. The number of hydrogen-bond donors (Lipinski definition) is 2. The highest BCUT2D eigenvalue weighted by atomic mass is 32.2. The van der Waals surface area contributed by atoms with Gasteiger partial charge in [0.2, 0.25) is 10.0 Å². The zero-order valence-electron chi connectivity index (χ0n) is 9.61. The normalized spacial score (nSPS) is 11.8. The van der Waals surface area contributed by atoms with Gasteiger partial charge in [0.25, 0.3) is 0 Å². The quantitative estimate of drug-likeness (QED) is 0.803. The maximum Gasteiger partial charge on any atom is 0.241 e. The van der Waals surface area contributed by atoms with Gasteiger partial charge in [0.05, 0.1) is 11.4 Å². The van der Waals surface area contributed by atoms with Crippen molar-refractivity contribution in [3.63, 3.8) is 0 Å². The maximum absolute atomic E-state index is 11.9. The zero-order valence-corrected chi connectivity index (χ0v) is 11.2. The van der Waals surface area contributed by atoms with E-state index in [4.69, 9.17) is 5.73 Å². The number of nitrogens with zero attached hydrogens (tertiary/aromatic N) is 2. The van der Waals surface area contributed by atoms with Gasteiger partial charge in [-0.3, -0.25) is 4.68 Å². The topological polar surface area (TPSA) is 90.0 Å². The highest BCUT2D eigenvalue weighted by Crippen LogP contribution is 2.18. The number of nitrogens with one attached hydrogen (secondary N) is 1. The van der Waals surface area contributed by atoms with Crippen LogP contribution in [0.4, 0.5) is 0 Å². The third-order valence-electron chi connectivity index (χ3n) is 2.33. The summed E-state index contributed by atoms with van der Waals surface area (Å²) in [5, 5.41) is 5.59. The van der Waals surface area contributed by atoms with Crippen molar-refractivity contribution >= 4 is 21.4 Å². The van der Waals surface area contributed by atoms with Crippen molar-refractivity contribution in [1.29, 1.82) is 0 Å². The molecule has 0 aliphatic rings. The Morgan fingerprint density at radius 1 is 1.50 bits per heavy atom. The number of sulfonamides is 1. The Morgan fingerprint density at radius 3 is 2.94 bits per heavy atom. The minimum atomic E-state index is -3.44. The molecule has 0 amide bonds. The molecule has 0 fully saturated rings. The number of rotatable bonds is 6. The Kier molecular flexibility index (Phi) is 4.12. The fourth-order valence-electron chi connectivity index (χ4n) is 1.42. The molecule has 98 valence electrons. The van der Waals surface area contributed by atoms with Crippen molar-refractivity contribution < 1.29 is 8.42 Å². The van der Waals surface area contributed by atoms with Gasteiger partial charge < -0.3 is 5.73 Å². The van der Waals surface area contributed by atoms with Crippen LogP contribution in [0.25, 0.3) is 0 Å². The summed E-state index contributed by atoms with van der Waals surface area (Å²) in [6.45, 7) is 1.16. The van der Waals surface area contributed by atoms with Crippen LogP contribution >= 0.6 is 11.3 Å². The first-order valence-electron chi connectivity index (χ1n) is 5.36. The standard InChI is InChI=1S/C10H14N4O2S2/c11-7-9-6-10(8-17-9)18(15,16)13-3-5-14-4-1-2-12-14/h1-2,4,6,8,13H,3,5,7,11H2. The van der Waals surface area contributed by atoms with Crippen molar-refractivity contribution in [2.45, 2.75) is 18.0 Å². The van der Waals surface area contributed by atoms with Crippen molar-refractivity contribution in [3.05, 3.63) is 34.8 Å². The monoisotopic (exact) mass is 286 g/mol. The van der Waals surface area contributed by atoms with Crippen molar-refractivity contribution in [2.24, 2.45) is 5.73 Å². The van der Waals surface area contributed by atoms with Gasteiger partial charge in [0.15, 0.2) is 0 Å². The van der Waals surface area contributed by atoms with Crippen LogP contribution in [-0.2, 0) is 23.1 Å². The predicted molar refractivity (Wildman–Crippen MR) is 69.6 cm³/mol. The van der Waals surface area contributed by atoms with Crippen LogP contribution in [0.5, 0.6) is 0 Å². The van der Waals surface area contributed by atoms with Gasteiger partial charge in [-0.2, -0.15) is 5.10 Å². The van der Waals surface area contributed by atoms with E-state index in [1.165, 1.54) is 11.3 Å². The van der Waals surface area contributed by atoms with Crippen molar-refractivity contribution in [1.82, 2.24) is 14.5 Å². The number of nitrogens with two attached hydrogens (primary N) is 1. The molecule has 0 unspecified atom stereocenters. The van der Waals surface area contributed by atoms with Gasteiger partial charge in [-0.25, -0.2) is 13.1 Å². The molecular weight excluding hydrogens is 272 g/mol. The summed E-state index contributed by atoms with van der Waals surface area (Å²) in [5.74, 6) is 0. The van der Waals surface area contributed by atoms with Crippen LogP contribution in [0.2, 0.25) is 0 Å². The van der Waals surface area contributed by atoms with E-state index >= 15 is 0 Å². The Balaban J connectivity index is 1.95. The first-order chi connectivity index (χ1) is 8.62. The second-order valence-corrected chi connectivity index (χ2v) is 6.38. The minimum Gasteiger partial charge on any atom is -0.326 e. The molecule has 2 aromatic rings. The van der Waals surface area contributed by atoms with Crippen LogP contribution in [0, 0.1) is 0 Å². The Bertz CT molecular complexity index is 589. The average molecular weight is 286 g/mol. The summed E-state index contributed by atoms with van der Waals surface area (Å²) in [6.07, 6.45) is 3.44. The van der Waals surface area contributed by atoms with E-state index in [-0.39, 0.29) is 4.90 Å². The van der Waals surface area contributed by atoms with Crippen LogP contribution in [0.3, 0.4) is 0 Å². The van der Waals surface area contributed by atoms with Crippen LogP contribution < -0.4 is 10.5 Å². The molecule has 2 heterocycles. The van der Waals surface area contributed by atoms with Crippen molar-refractivity contribution in [3.8, 4) is 0 Å². The fourth-order valence-corrected chi connectivity index (χ4v) is 3.60. The van der Waals surface area contributed by atoms with Gasteiger partial charge in [-0.05, 0) is 12.1 Å². The number of aromatic nitrogens is 2. The van der Waals surface area contributed by atoms with Crippen LogP contribution in [0.1, 0.15) is 4.88 Å². The first kappa shape index (κ1) is 13.2. The summed E-state index contributed by atoms with van der Waals surface area (Å²) >= 11 is 1.35. The lowest BCUT2D eigenvalue weighted by Gasteiger charge is -2.04. The van der Waals surface area contributed by atoms with E-state index in [1.807, 2.05) is 0 Å². The lowest BCUT2D eigenvalue weighted by Crippen LogP contribution is -2.27. The second-order valence-electron chi connectivity index (χ2n) is 3.62. The largest absolute Gasteiger partial charge is 0.326 e. The summed E-state index contributed by atoms with van der Waals surface area (Å²) in [6, 6.07) is 3.39. The number of hydrogen-bond acceptors (Lipinski definition) is 5. The van der Waals surface area contributed by atoms with Crippen molar-refractivity contribution in [2.75, 3.05) is 6.54 Å². The Morgan fingerprint density at radius 2 is 2.33 bits per heavy atom. The molecule has 2 aromatic heterocycles. The van der Waals surface area contributed by atoms with E-state index in [2.05, 4.69) is 9.82 Å². The smallest absolute Gasteiger partial charge is 0.241 e. The Labute approximate surface area is 109 Å². The number of thiophene rings is 1. The van der Waals surface area contributed by atoms with Crippen LogP contribution in [0.15, 0.2) is 34.8 Å². The molecule has 0 radical (unpaired) electrons. The SMILES string of the molecule is NCc1cc(S(=O)(=O)NCCn2cccn2)cs1.